The van der Waals surface area contributed by atoms with Crippen molar-refractivity contribution >= 4 is 11.3 Å². The van der Waals surface area contributed by atoms with E-state index in [1.54, 1.807) is 0 Å². The molecule has 0 aromatic carbocycles. The van der Waals surface area contributed by atoms with Crippen LogP contribution in [-0.2, 0) is 6.54 Å². The van der Waals surface area contributed by atoms with Crippen LogP contribution in [-0.4, -0.2) is 30.6 Å². The predicted molar refractivity (Wildman–Crippen MR) is 96.0 cm³/mol. The molecule has 0 bridgehead atoms. The first-order chi connectivity index (χ1) is 10.1. The summed E-state index contributed by atoms with van der Waals surface area (Å²) >= 11 is 1.87. The van der Waals surface area contributed by atoms with E-state index >= 15 is 0 Å². The third kappa shape index (κ3) is 9.28. The van der Waals surface area contributed by atoms with Crippen LogP contribution in [0.5, 0.6) is 0 Å². The highest BCUT2D eigenvalue weighted by atomic mass is 32.1. The minimum atomic E-state index is 0.639. The number of unbranched alkanes of at least 4 members (excludes halogenated alkanes) is 3. The quantitative estimate of drug-likeness (QED) is 0.560. The molecule has 0 fully saturated rings. The van der Waals surface area contributed by atoms with E-state index < -0.39 is 0 Å². The maximum absolute atomic E-state index is 3.52. The van der Waals surface area contributed by atoms with Crippen molar-refractivity contribution in [1.29, 1.82) is 0 Å². The summed E-state index contributed by atoms with van der Waals surface area (Å²) in [6.07, 6.45) is 5.36. The van der Waals surface area contributed by atoms with Crippen molar-refractivity contribution in [2.24, 2.45) is 5.92 Å². The van der Waals surface area contributed by atoms with Crippen molar-refractivity contribution in [3.05, 3.63) is 22.4 Å². The van der Waals surface area contributed by atoms with Crippen molar-refractivity contribution in [2.75, 3.05) is 19.6 Å². The van der Waals surface area contributed by atoms with Gasteiger partial charge in [0, 0.05) is 17.5 Å². The SMILES string of the molecule is CC(C)CNCCCCCCN(Cc1cccs1)C(C)C. The molecule has 21 heavy (non-hydrogen) atoms. The molecule has 0 spiro atoms. The topological polar surface area (TPSA) is 15.3 Å². The van der Waals surface area contributed by atoms with Gasteiger partial charge in [0.15, 0.2) is 0 Å². The minimum Gasteiger partial charge on any atom is -0.316 e. The first-order valence-corrected chi connectivity index (χ1v) is 9.44. The fourth-order valence-electron chi connectivity index (χ4n) is 2.43. The number of nitrogens with one attached hydrogen (secondary N) is 1. The Labute approximate surface area is 135 Å². The van der Waals surface area contributed by atoms with Crippen LogP contribution in [0.4, 0.5) is 0 Å². The molecule has 2 nitrogen and oxygen atoms in total. The normalized spacial score (nSPS) is 12.0. The summed E-state index contributed by atoms with van der Waals surface area (Å²) in [5, 5.41) is 5.70. The Hall–Kier alpha value is -0.380. The van der Waals surface area contributed by atoms with E-state index in [1.165, 1.54) is 43.6 Å². The maximum Gasteiger partial charge on any atom is 0.0330 e. The monoisotopic (exact) mass is 310 g/mol. The van der Waals surface area contributed by atoms with Crippen LogP contribution in [0.25, 0.3) is 0 Å². The molecule has 0 radical (unpaired) electrons. The molecule has 0 aliphatic heterocycles. The van der Waals surface area contributed by atoms with Gasteiger partial charge in [0.2, 0.25) is 0 Å². The van der Waals surface area contributed by atoms with Gasteiger partial charge < -0.3 is 5.32 Å². The molecule has 0 atom stereocenters. The van der Waals surface area contributed by atoms with Crippen LogP contribution >= 0.6 is 11.3 Å². The third-order valence-corrected chi connectivity index (χ3v) is 4.63. The lowest BCUT2D eigenvalue weighted by molar-refractivity contribution is 0.210. The zero-order chi connectivity index (χ0) is 15.5. The second kappa shape index (κ2) is 11.2. The fourth-order valence-corrected chi connectivity index (χ4v) is 3.16. The number of hydrogen-bond donors (Lipinski definition) is 1. The van der Waals surface area contributed by atoms with Crippen LogP contribution < -0.4 is 5.32 Å². The van der Waals surface area contributed by atoms with Gasteiger partial charge in [0.05, 0.1) is 0 Å². The molecule has 1 aromatic rings. The first kappa shape index (κ1) is 18.7. The summed E-state index contributed by atoms with van der Waals surface area (Å²) in [5.41, 5.74) is 0. The molecule has 1 aromatic heterocycles. The predicted octanol–water partition coefficient (Wildman–Crippen LogP) is 4.76. The smallest absolute Gasteiger partial charge is 0.0330 e. The van der Waals surface area contributed by atoms with Gasteiger partial charge in [0.25, 0.3) is 0 Å². The van der Waals surface area contributed by atoms with E-state index in [1.807, 2.05) is 11.3 Å². The lowest BCUT2D eigenvalue weighted by Gasteiger charge is -2.25. The van der Waals surface area contributed by atoms with Gasteiger partial charge in [-0.3, -0.25) is 4.90 Å². The number of rotatable bonds is 12. The molecular weight excluding hydrogens is 276 g/mol. The lowest BCUT2D eigenvalue weighted by atomic mass is 10.1. The highest BCUT2D eigenvalue weighted by Gasteiger charge is 2.10. The molecule has 1 N–H and O–H groups in total. The van der Waals surface area contributed by atoms with Crippen LogP contribution in [0.1, 0.15) is 58.3 Å². The average Bonchev–Trinajstić information content (AvgIpc) is 2.92. The molecule has 0 aliphatic carbocycles. The summed E-state index contributed by atoms with van der Waals surface area (Å²) in [7, 11) is 0. The molecule has 0 saturated heterocycles. The summed E-state index contributed by atoms with van der Waals surface area (Å²) < 4.78 is 0. The maximum atomic E-state index is 3.52. The zero-order valence-electron chi connectivity index (χ0n) is 14.4. The highest BCUT2D eigenvalue weighted by molar-refractivity contribution is 7.09. The van der Waals surface area contributed by atoms with Gasteiger partial charge in [-0.05, 0) is 63.7 Å². The number of hydrogen-bond acceptors (Lipinski definition) is 3. The molecule has 3 heteroatoms. The second-order valence-electron chi connectivity index (χ2n) is 6.66. The van der Waals surface area contributed by atoms with Gasteiger partial charge in [-0.2, -0.15) is 0 Å². The Morgan fingerprint density at radius 1 is 1.10 bits per heavy atom. The third-order valence-electron chi connectivity index (χ3n) is 3.77. The molecule has 0 amide bonds. The molecule has 0 aliphatic rings. The summed E-state index contributed by atoms with van der Waals surface area (Å²) in [6.45, 7) is 13.8. The Morgan fingerprint density at radius 2 is 1.86 bits per heavy atom. The van der Waals surface area contributed by atoms with Crippen molar-refractivity contribution < 1.29 is 0 Å². The largest absolute Gasteiger partial charge is 0.316 e. The standard InChI is InChI=1S/C18H34N2S/c1-16(2)14-19-11-7-5-6-8-12-20(17(3)4)15-18-10-9-13-21-18/h9-10,13,16-17,19H,5-8,11-12,14-15H2,1-4H3. The average molecular weight is 311 g/mol. The van der Waals surface area contributed by atoms with E-state index in [-0.39, 0.29) is 0 Å². The molecule has 1 rings (SSSR count). The van der Waals surface area contributed by atoms with E-state index in [4.69, 9.17) is 0 Å². The molecule has 1 heterocycles. The minimum absolute atomic E-state index is 0.639. The van der Waals surface area contributed by atoms with Crippen LogP contribution in [0, 0.1) is 5.92 Å². The Balaban J connectivity index is 2.06. The van der Waals surface area contributed by atoms with Gasteiger partial charge >= 0.3 is 0 Å². The molecular formula is C18H34N2S. The number of nitrogens with zero attached hydrogens (tertiary/aromatic N) is 1. The fraction of sp³-hybridized carbons (Fsp3) is 0.778. The van der Waals surface area contributed by atoms with Crippen LogP contribution in [0.2, 0.25) is 0 Å². The Bertz CT molecular complexity index is 333. The summed E-state index contributed by atoms with van der Waals surface area (Å²) in [6, 6.07) is 5.04. The van der Waals surface area contributed by atoms with E-state index in [2.05, 4.69) is 55.4 Å². The van der Waals surface area contributed by atoms with E-state index in [9.17, 15) is 0 Å². The van der Waals surface area contributed by atoms with E-state index in [0.29, 0.717) is 6.04 Å². The molecule has 0 saturated carbocycles. The van der Waals surface area contributed by atoms with Crippen LogP contribution in [0.3, 0.4) is 0 Å². The van der Waals surface area contributed by atoms with Gasteiger partial charge in [-0.1, -0.05) is 32.8 Å². The Morgan fingerprint density at radius 3 is 2.48 bits per heavy atom. The van der Waals surface area contributed by atoms with Crippen molar-refractivity contribution in [2.45, 2.75) is 66.0 Å². The van der Waals surface area contributed by atoms with Crippen LogP contribution in [0.15, 0.2) is 17.5 Å². The van der Waals surface area contributed by atoms with Crippen molar-refractivity contribution in [3.63, 3.8) is 0 Å². The number of thiophene rings is 1. The summed E-state index contributed by atoms with van der Waals surface area (Å²) in [5.74, 6) is 0.766. The lowest BCUT2D eigenvalue weighted by Crippen LogP contribution is -2.31. The molecule has 122 valence electrons. The van der Waals surface area contributed by atoms with Gasteiger partial charge in [0.1, 0.15) is 0 Å². The van der Waals surface area contributed by atoms with E-state index in [0.717, 1.165) is 19.0 Å². The first-order valence-electron chi connectivity index (χ1n) is 8.56. The Kier molecular flexibility index (Phi) is 9.98. The van der Waals surface area contributed by atoms with Gasteiger partial charge in [-0.25, -0.2) is 0 Å². The zero-order valence-corrected chi connectivity index (χ0v) is 15.2. The molecule has 0 unspecified atom stereocenters. The highest BCUT2D eigenvalue weighted by Crippen LogP contribution is 2.15. The van der Waals surface area contributed by atoms with Crippen molar-refractivity contribution in [1.82, 2.24) is 10.2 Å². The second-order valence-corrected chi connectivity index (χ2v) is 7.69. The van der Waals surface area contributed by atoms with Gasteiger partial charge in [-0.15, -0.1) is 11.3 Å². The van der Waals surface area contributed by atoms with Crippen molar-refractivity contribution in [3.8, 4) is 0 Å². The summed E-state index contributed by atoms with van der Waals surface area (Å²) in [4.78, 5) is 4.09.